The van der Waals surface area contributed by atoms with Gasteiger partial charge in [-0.15, -0.1) is 10.2 Å². The Morgan fingerprint density at radius 3 is 2.75 bits per heavy atom. The number of nitrogens with zero attached hydrogens (tertiary/aromatic N) is 6. The van der Waals surface area contributed by atoms with Gasteiger partial charge in [-0.2, -0.15) is 0 Å². The van der Waals surface area contributed by atoms with Crippen LogP contribution in [-0.2, 0) is 11.3 Å². The molecule has 0 unspecified atom stereocenters. The molecular formula is C18H14Cl2N6O2. The molecule has 8 nitrogen and oxygen atoms in total. The van der Waals surface area contributed by atoms with E-state index < -0.39 is 0 Å². The van der Waals surface area contributed by atoms with Crippen LogP contribution < -0.4 is 0 Å². The van der Waals surface area contributed by atoms with Gasteiger partial charge in [0.2, 0.25) is 5.82 Å². The van der Waals surface area contributed by atoms with Crippen LogP contribution in [0.25, 0.3) is 11.6 Å². The maximum Gasteiger partial charge on any atom is 0.256 e. The van der Waals surface area contributed by atoms with Crippen molar-refractivity contribution >= 4 is 29.1 Å². The van der Waals surface area contributed by atoms with Crippen LogP contribution in [0.5, 0.6) is 0 Å². The van der Waals surface area contributed by atoms with E-state index in [1.807, 2.05) is 4.57 Å². The van der Waals surface area contributed by atoms with E-state index in [0.29, 0.717) is 47.8 Å². The second kappa shape index (κ2) is 6.80. The fourth-order valence-electron chi connectivity index (χ4n) is 3.72. The van der Waals surface area contributed by atoms with Crippen molar-refractivity contribution in [3.63, 3.8) is 0 Å². The maximum atomic E-state index is 13.3. The molecule has 2 bridgehead atoms. The lowest BCUT2D eigenvalue weighted by Crippen LogP contribution is -2.56. The SMILES string of the molecule is O=C(c1cccc(Cl)c1Cl)N1[C@H]2COC[C@@H]1c1nnc(-c3ncccn3)n1C2. The molecule has 1 saturated heterocycles. The molecule has 1 amide bonds. The quantitative estimate of drug-likeness (QED) is 0.637. The van der Waals surface area contributed by atoms with Crippen molar-refractivity contribution in [2.75, 3.05) is 13.2 Å². The Morgan fingerprint density at radius 2 is 1.93 bits per heavy atom. The summed E-state index contributed by atoms with van der Waals surface area (Å²) < 4.78 is 7.68. The Morgan fingerprint density at radius 1 is 1.11 bits per heavy atom. The van der Waals surface area contributed by atoms with E-state index in [0.717, 1.165) is 0 Å². The van der Waals surface area contributed by atoms with Crippen LogP contribution in [0, 0.1) is 0 Å². The fourth-order valence-corrected chi connectivity index (χ4v) is 4.10. The molecule has 0 N–H and O–H groups in total. The molecule has 1 aromatic carbocycles. The smallest absolute Gasteiger partial charge is 0.256 e. The zero-order chi connectivity index (χ0) is 19.3. The first kappa shape index (κ1) is 17.5. The molecule has 10 heteroatoms. The van der Waals surface area contributed by atoms with E-state index in [9.17, 15) is 4.79 Å². The van der Waals surface area contributed by atoms with Crippen molar-refractivity contribution in [3.8, 4) is 11.6 Å². The van der Waals surface area contributed by atoms with Crippen LogP contribution in [0.15, 0.2) is 36.7 Å². The lowest BCUT2D eigenvalue weighted by molar-refractivity contribution is -0.0569. The molecule has 2 atom stereocenters. The number of benzene rings is 1. The summed E-state index contributed by atoms with van der Waals surface area (Å²) in [6, 6.07) is 6.23. The highest BCUT2D eigenvalue weighted by atomic mass is 35.5. The van der Waals surface area contributed by atoms with E-state index >= 15 is 0 Å². The van der Waals surface area contributed by atoms with Gasteiger partial charge in [-0.3, -0.25) is 4.79 Å². The highest BCUT2D eigenvalue weighted by molar-refractivity contribution is 6.43. The maximum absolute atomic E-state index is 13.3. The Kier molecular flexibility index (Phi) is 4.26. The largest absolute Gasteiger partial charge is 0.377 e. The Bertz CT molecular complexity index is 1060. The molecule has 0 radical (unpaired) electrons. The van der Waals surface area contributed by atoms with Crippen LogP contribution in [0.4, 0.5) is 0 Å². The van der Waals surface area contributed by atoms with Gasteiger partial charge in [-0.1, -0.05) is 29.3 Å². The minimum atomic E-state index is -0.375. The molecule has 2 aliphatic rings. The Balaban J connectivity index is 1.56. The van der Waals surface area contributed by atoms with E-state index in [1.54, 1.807) is 41.6 Å². The number of hydrogen-bond donors (Lipinski definition) is 0. The summed E-state index contributed by atoms with van der Waals surface area (Å²) in [5, 5.41) is 9.19. The van der Waals surface area contributed by atoms with Gasteiger partial charge in [-0.05, 0) is 18.2 Å². The van der Waals surface area contributed by atoms with Crippen molar-refractivity contribution in [2.24, 2.45) is 0 Å². The van der Waals surface area contributed by atoms with E-state index in [1.165, 1.54) is 0 Å². The molecule has 0 saturated carbocycles. The molecule has 2 aromatic heterocycles. The minimum Gasteiger partial charge on any atom is -0.377 e. The molecule has 4 heterocycles. The lowest BCUT2D eigenvalue weighted by atomic mass is 10.0. The third-order valence-corrected chi connectivity index (χ3v) is 5.79. The van der Waals surface area contributed by atoms with Crippen LogP contribution in [0.2, 0.25) is 10.0 Å². The van der Waals surface area contributed by atoms with Crippen LogP contribution in [0.1, 0.15) is 22.2 Å². The van der Waals surface area contributed by atoms with E-state index in [-0.39, 0.29) is 23.0 Å². The Hall–Kier alpha value is -2.55. The molecule has 1 fully saturated rings. The predicted molar refractivity (Wildman–Crippen MR) is 101 cm³/mol. The first-order valence-corrected chi connectivity index (χ1v) is 9.45. The monoisotopic (exact) mass is 416 g/mol. The van der Waals surface area contributed by atoms with Crippen molar-refractivity contribution < 1.29 is 9.53 Å². The van der Waals surface area contributed by atoms with Crippen LogP contribution >= 0.6 is 23.2 Å². The average molecular weight is 417 g/mol. The number of morpholine rings is 1. The van der Waals surface area contributed by atoms with Gasteiger partial charge in [0, 0.05) is 18.9 Å². The van der Waals surface area contributed by atoms with Gasteiger partial charge in [0.15, 0.2) is 11.6 Å². The number of amides is 1. The topological polar surface area (TPSA) is 86.0 Å². The summed E-state index contributed by atoms with van der Waals surface area (Å²) >= 11 is 12.4. The molecule has 3 aromatic rings. The number of rotatable bonds is 2. The van der Waals surface area contributed by atoms with Crippen LogP contribution in [-0.4, -0.2) is 54.8 Å². The summed E-state index contributed by atoms with van der Waals surface area (Å²) in [7, 11) is 0. The first-order chi connectivity index (χ1) is 13.6. The number of halogens is 2. The summed E-state index contributed by atoms with van der Waals surface area (Å²) in [5.74, 6) is 1.53. The summed E-state index contributed by atoms with van der Waals surface area (Å²) in [4.78, 5) is 23.6. The van der Waals surface area contributed by atoms with Crippen molar-refractivity contribution in [3.05, 3.63) is 58.1 Å². The highest BCUT2D eigenvalue weighted by Crippen LogP contribution is 2.37. The third-order valence-electron chi connectivity index (χ3n) is 4.97. The van der Waals surface area contributed by atoms with Crippen molar-refractivity contribution in [2.45, 2.75) is 18.6 Å². The summed E-state index contributed by atoms with van der Waals surface area (Å²) in [6.45, 7) is 1.22. The van der Waals surface area contributed by atoms with Crippen molar-refractivity contribution in [1.29, 1.82) is 0 Å². The molecule has 2 aliphatic heterocycles. The minimum absolute atomic E-state index is 0.188. The molecule has 5 rings (SSSR count). The summed E-state index contributed by atoms with van der Waals surface area (Å²) in [5.41, 5.74) is 0.366. The van der Waals surface area contributed by atoms with Gasteiger partial charge in [0.25, 0.3) is 5.91 Å². The lowest BCUT2D eigenvalue weighted by Gasteiger charge is -2.45. The number of carbonyl (C=O) groups is 1. The fraction of sp³-hybridized carbons (Fsp3) is 0.278. The molecule has 0 spiro atoms. The van der Waals surface area contributed by atoms with Gasteiger partial charge < -0.3 is 14.2 Å². The van der Waals surface area contributed by atoms with Crippen molar-refractivity contribution in [1.82, 2.24) is 29.6 Å². The summed E-state index contributed by atoms with van der Waals surface area (Å²) in [6.07, 6.45) is 3.32. The molecular weight excluding hydrogens is 403 g/mol. The average Bonchev–Trinajstić information content (AvgIpc) is 3.13. The number of aromatic nitrogens is 5. The van der Waals surface area contributed by atoms with Gasteiger partial charge in [-0.25, -0.2) is 9.97 Å². The van der Waals surface area contributed by atoms with E-state index in [2.05, 4.69) is 20.2 Å². The van der Waals surface area contributed by atoms with Gasteiger partial charge in [0.1, 0.15) is 6.04 Å². The number of ether oxygens (including phenoxy) is 1. The second-order valence-electron chi connectivity index (χ2n) is 6.59. The van der Waals surface area contributed by atoms with Crippen LogP contribution in [0.3, 0.4) is 0 Å². The van der Waals surface area contributed by atoms with Gasteiger partial charge >= 0.3 is 0 Å². The zero-order valence-electron chi connectivity index (χ0n) is 14.5. The number of fused-ring (bicyclic) bond motifs is 4. The molecule has 0 aliphatic carbocycles. The first-order valence-electron chi connectivity index (χ1n) is 8.70. The highest BCUT2D eigenvalue weighted by Gasteiger charge is 2.44. The third kappa shape index (κ3) is 2.68. The standard InChI is InChI=1S/C18H14Cl2N6O2/c19-12-4-1-3-11(14(12)20)18(27)26-10-7-25-16(13(26)9-28-8-10)23-24-17(25)15-21-5-2-6-22-15/h1-6,10,13H,7-9H2/t10-,13-/m1/s1. The predicted octanol–water partition coefficient (Wildman–Crippen LogP) is 2.64. The normalized spacial score (nSPS) is 20.7. The van der Waals surface area contributed by atoms with Gasteiger partial charge in [0.05, 0.1) is 34.9 Å². The Labute approximate surface area is 170 Å². The molecule has 142 valence electrons. The van der Waals surface area contributed by atoms with E-state index in [4.69, 9.17) is 27.9 Å². The molecule has 28 heavy (non-hydrogen) atoms. The second-order valence-corrected chi connectivity index (χ2v) is 7.37. The number of carbonyl (C=O) groups excluding carboxylic acids is 1. The zero-order valence-corrected chi connectivity index (χ0v) is 16.0. The number of hydrogen-bond acceptors (Lipinski definition) is 6.